The van der Waals surface area contributed by atoms with Gasteiger partial charge < -0.3 is 20.3 Å². The molecule has 0 bridgehead atoms. The Morgan fingerprint density at radius 2 is 2.16 bits per heavy atom. The van der Waals surface area contributed by atoms with Crippen molar-refractivity contribution in [2.75, 3.05) is 13.6 Å². The second-order valence-corrected chi connectivity index (χ2v) is 6.47. The molecule has 2 unspecified atom stereocenters. The number of amides is 2. The average molecular weight is 343 g/mol. The predicted octanol–water partition coefficient (Wildman–Crippen LogP) is 1.15. The second-order valence-electron chi connectivity index (χ2n) is 6.47. The van der Waals surface area contributed by atoms with E-state index in [4.69, 9.17) is 0 Å². The molecule has 2 atom stereocenters. The highest BCUT2D eigenvalue weighted by atomic mass is 16.4. The Hall–Kier alpha value is -2.83. The second kappa shape index (κ2) is 6.96. The van der Waals surface area contributed by atoms with Gasteiger partial charge in [-0.25, -0.2) is 4.79 Å². The maximum Gasteiger partial charge on any atom is 0.326 e. The zero-order chi connectivity index (χ0) is 18.0. The first-order chi connectivity index (χ1) is 12.0. The normalized spacial score (nSPS) is 19.0. The van der Waals surface area contributed by atoms with Gasteiger partial charge in [-0.15, -0.1) is 0 Å². The van der Waals surface area contributed by atoms with Crippen LogP contribution in [0, 0.1) is 5.92 Å². The number of rotatable bonds is 5. The number of carboxylic acid groups (broad SMARTS) is 1. The predicted molar refractivity (Wildman–Crippen MR) is 91.9 cm³/mol. The Kier molecular flexibility index (Phi) is 4.74. The quantitative estimate of drug-likeness (QED) is 0.758. The number of fused-ring (bicyclic) bond motifs is 1. The number of carbonyl (C=O) groups is 3. The largest absolute Gasteiger partial charge is 0.480 e. The van der Waals surface area contributed by atoms with E-state index in [0.29, 0.717) is 13.0 Å². The lowest BCUT2D eigenvalue weighted by atomic mass is 9.95. The van der Waals surface area contributed by atoms with Crippen molar-refractivity contribution in [2.24, 2.45) is 5.92 Å². The molecule has 0 aliphatic carbocycles. The molecule has 3 rings (SSSR count). The van der Waals surface area contributed by atoms with E-state index in [9.17, 15) is 19.5 Å². The minimum Gasteiger partial charge on any atom is -0.480 e. The summed E-state index contributed by atoms with van der Waals surface area (Å²) in [6.45, 7) is 0.511. The third-order valence-electron chi connectivity index (χ3n) is 4.74. The van der Waals surface area contributed by atoms with Crippen LogP contribution in [0.3, 0.4) is 0 Å². The topological polar surface area (TPSA) is 102 Å². The van der Waals surface area contributed by atoms with Crippen molar-refractivity contribution in [2.45, 2.75) is 25.3 Å². The number of likely N-dealkylation sites (tertiary alicyclic amines) is 1. The van der Waals surface area contributed by atoms with Gasteiger partial charge in [0.05, 0.1) is 0 Å². The smallest absolute Gasteiger partial charge is 0.326 e. The number of carbonyl (C=O) groups excluding carboxylic acids is 2. The first-order valence-electron chi connectivity index (χ1n) is 8.28. The highest BCUT2D eigenvalue weighted by Crippen LogP contribution is 2.20. The van der Waals surface area contributed by atoms with Gasteiger partial charge in [-0.1, -0.05) is 18.2 Å². The summed E-state index contributed by atoms with van der Waals surface area (Å²) in [5, 5.41) is 13.0. The molecule has 7 nitrogen and oxygen atoms in total. The van der Waals surface area contributed by atoms with E-state index < -0.39 is 17.9 Å². The maximum atomic E-state index is 12.4. The Morgan fingerprint density at radius 3 is 2.88 bits per heavy atom. The Morgan fingerprint density at radius 1 is 1.40 bits per heavy atom. The Balaban J connectivity index is 1.70. The number of aromatic nitrogens is 1. The fourth-order valence-electron chi connectivity index (χ4n) is 3.18. The van der Waals surface area contributed by atoms with Crippen LogP contribution in [0.25, 0.3) is 10.9 Å². The van der Waals surface area contributed by atoms with E-state index in [1.54, 1.807) is 18.1 Å². The summed E-state index contributed by atoms with van der Waals surface area (Å²) in [6, 6.07) is 6.59. The van der Waals surface area contributed by atoms with Gasteiger partial charge in [-0.05, 0) is 18.1 Å². The van der Waals surface area contributed by atoms with Gasteiger partial charge in [0, 0.05) is 49.5 Å². The van der Waals surface area contributed by atoms with E-state index >= 15 is 0 Å². The minimum absolute atomic E-state index is 0.0881. The molecule has 1 aromatic heterocycles. The fourth-order valence-corrected chi connectivity index (χ4v) is 3.18. The maximum absolute atomic E-state index is 12.4. The lowest BCUT2D eigenvalue weighted by Gasteiger charge is -2.28. The average Bonchev–Trinajstić information content (AvgIpc) is 2.99. The van der Waals surface area contributed by atoms with E-state index in [1.165, 1.54) is 0 Å². The van der Waals surface area contributed by atoms with Crippen molar-refractivity contribution >= 4 is 28.7 Å². The molecular formula is C18H21N3O4. The summed E-state index contributed by atoms with van der Waals surface area (Å²) in [5.74, 6) is -2.00. The fraction of sp³-hybridized carbons (Fsp3) is 0.389. The molecule has 1 saturated heterocycles. The van der Waals surface area contributed by atoms with Crippen LogP contribution in [0.5, 0.6) is 0 Å². The highest BCUT2D eigenvalue weighted by molar-refractivity contribution is 5.90. The van der Waals surface area contributed by atoms with Gasteiger partial charge in [0.1, 0.15) is 6.04 Å². The molecule has 132 valence electrons. The highest BCUT2D eigenvalue weighted by Gasteiger charge is 2.31. The van der Waals surface area contributed by atoms with Crippen LogP contribution in [-0.4, -0.2) is 52.4 Å². The summed E-state index contributed by atoms with van der Waals surface area (Å²) in [7, 11) is 1.70. The number of hydrogen-bond acceptors (Lipinski definition) is 3. The summed E-state index contributed by atoms with van der Waals surface area (Å²) in [5.41, 5.74) is 1.76. The van der Waals surface area contributed by atoms with Crippen LogP contribution in [-0.2, 0) is 20.8 Å². The van der Waals surface area contributed by atoms with Crippen LogP contribution in [0.1, 0.15) is 18.4 Å². The number of carboxylic acids is 1. The van der Waals surface area contributed by atoms with E-state index in [0.717, 1.165) is 16.5 Å². The molecule has 0 spiro atoms. The van der Waals surface area contributed by atoms with Crippen LogP contribution < -0.4 is 5.32 Å². The van der Waals surface area contributed by atoms with Crippen LogP contribution >= 0.6 is 0 Å². The SMILES string of the molecule is CN1CCC(C(=O)NC(Cc2c[nH]c3ccccc23)C(=O)O)CC1=O. The number of nitrogens with one attached hydrogen (secondary N) is 2. The monoisotopic (exact) mass is 343 g/mol. The third kappa shape index (κ3) is 3.65. The molecule has 2 aromatic rings. The summed E-state index contributed by atoms with van der Waals surface area (Å²) in [6.07, 6.45) is 2.63. The molecule has 2 amide bonds. The van der Waals surface area contributed by atoms with E-state index in [1.807, 2.05) is 24.3 Å². The number of nitrogens with zero attached hydrogens (tertiary/aromatic N) is 1. The number of H-pyrrole nitrogens is 1. The number of para-hydroxylation sites is 1. The van der Waals surface area contributed by atoms with E-state index in [2.05, 4.69) is 10.3 Å². The van der Waals surface area contributed by atoms with Gasteiger partial charge >= 0.3 is 5.97 Å². The molecule has 3 N–H and O–H groups in total. The van der Waals surface area contributed by atoms with Crippen molar-refractivity contribution in [1.29, 1.82) is 0 Å². The Bertz CT molecular complexity index is 814. The number of piperidine rings is 1. The minimum atomic E-state index is -1.09. The summed E-state index contributed by atoms with van der Waals surface area (Å²) < 4.78 is 0. The molecule has 0 radical (unpaired) electrons. The Labute approximate surface area is 145 Å². The van der Waals surface area contributed by atoms with Gasteiger partial charge in [0.25, 0.3) is 0 Å². The van der Waals surface area contributed by atoms with Crippen molar-refractivity contribution in [1.82, 2.24) is 15.2 Å². The molecule has 25 heavy (non-hydrogen) atoms. The van der Waals surface area contributed by atoms with Crippen molar-refractivity contribution in [3.63, 3.8) is 0 Å². The standard InChI is InChI=1S/C18H21N3O4/c1-21-7-6-11(9-16(21)22)17(23)20-15(18(24)25)8-12-10-19-14-5-3-2-4-13(12)14/h2-5,10-11,15,19H,6-9H2,1H3,(H,20,23)(H,24,25). The number of benzene rings is 1. The lowest BCUT2D eigenvalue weighted by Crippen LogP contribution is -2.48. The van der Waals surface area contributed by atoms with Gasteiger partial charge in [0.2, 0.25) is 11.8 Å². The number of hydrogen-bond donors (Lipinski definition) is 3. The lowest BCUT2D eigenvalue weighted by molar-refractivity contribution is -0.144. The van der Waals surface area contributed by atoms with E-state index in [-0.39, 0.29) is 24.7 Å². The van der Waals surface area contributed by atoms with Crippen molar-refractivity contribution in [3.05, 3.63) is 36.0 Å². The molecule has 1 aliphatic rings. The number of aliphatic carboxylic acids is 1. The molecule has 2 heterocycles. The molecular weight excluding hydrogens is 322 g/mol. The molecule has 1 aromatic carbocycles. The van der Waals surface area contributed by atoms with Gasteiger partial charge in [0.15, 0.2) is 0 Å². The van der Waals surface area contributed by atoms with Gasteiger partial charge in [-0.2, -0.15) is 0 Å². The molecule has 1 fully saturated rings. The first-order valence-corrected chi connectivity index (χ1v) is 8.28. The first kappa shape index (κ1) is 17.0. The van der Waals surface area contributed by atoms with Crippen molar-refractivity contribution in [3.8, 4) is 0 Å². The molecule has 0 saturated carbocycles. The van der Waals surface area contributed by atoms with Gasteiger partial charge in [-0.3, -0.25) is 9.59 Å². The zero-order valence-electron chi connectivity index (χ0n) is 14.0. The third-order valence-corrected chi connectivity index (χ3v) is 4.74. The number of aromatic amines is 1. The van der Waals surface area contributed by atoms with Crippen LogP contribution in [0.4, 0.5) is 0 Å². The van der Waals surface area contributed by atoms with Crippen LogP contribution in [0.15, 0.2) is 30.5 Å². The van der Waals surface area contributed by atoms with Crippen LogP contribution in [0.2, 0.25) is 0 Å². The zero-order valence-corrected chi connectivity index (χ0v) is 14.0. The molecule has 1 aliphatic heterocycles. The summed E-state index contributed by atoms with van der Waals surface area (Å²) >= 11 is 0. The van der Waals surface area contributed by atoms with Crippen molar-refractivity contribution < 1.29 is 19.5 Å². The summed E-state index contributed by atoms with van der Waals surface area (Å²) in [4.78, 5) is 40.4. The molecule has 7 heteroatoms.